The fraction of sp³-hybridized carbons (Fsp3) is 0.158. The number of nitrogens with two attached hydrogens (primary N) is 1. The molecule has 152 valence electrons. The number of aromatic nitrogens is 1. The summed E-state index contributed by atoms with van der Waals surface area (Å²) in [5, 5.41) is 6.31. The first kappa shape index (κ1) is 20.5. The quantitative estimate of drug-likeness (QED) is 0.423. The van der Waals surface area contributed by atoms with Crippen molar-refractivity contribution < 1.29 is 22.6 Å². The Kier molecular flexibility index (Phi) is 6.23. The maximum Gasteiger partial charge on any atom is 0.416 e. The van der Waals surface area contributed by atoms with E-state index in [1.165, 1.54) is 24.5 Å². The Balaban J connectivity index is 1.70. The van der Waals surface area contributed by atoms with Gasteiger partial charge in [0, 0.05) is 5.38 Å². The molecule has 0 radical (unpaired) electrons. The number of alkyl halides is 3. The van der Waals surface area contributed by atoms with E-state index in [9.17, 15) is 13.2 Å². The first-order valence-corrected chi connectivity index (χ1v) is 9.20. The van der Waals surface area contributed by atoms with Crippen molar-refractivity contribution in [2.75, 3.05) is 18.3 Å². The minimum Gasteiger partial charge on any atom is -0.493 e. The second-order valence-electron chi connectivity index (χ2n) is 5.84. The Morgan fingerprint density at radius 2 is 2.03 bits per heavy atom. The molecule has 0 atom stereocenters. The van der Waals surface area contributed by atoms with Gasteiger partial charge in [-0.05, 0) is 41.5 Å². The summed E-state index contributed by atoms with van der Waals surface area (Å²) in [6.45, 7) is -0.0441. The van der Waals surface area contributed by atoms with E-state index in [4.69, 9.17) is 15.2 Å². The third-order valence-corrected chi connectivity index (χ3v) is 4.50. The van der Waals surface area contributed by atoms with E-state index in [0.29, 0.717) is 33.6 Å². The molecule has 0 aliphatic heterocycles. The van der Waals surface area contributed by atoms with Gasteiger partial charge in [-0.3, -0.25) is 5.43 Å². The molecule has 0 saturated heterocycles. The molecule has 0 amide bonds. The fourth-order valence-corrected chi connectivity index (χ4v) is 2.93. The number of nitrogens with zero attached hydrogens (tertiary/aromatic N) is 2. The number of halogens is 3. The Morgan fingerprint density at radius 1 is 1.21 bits per heavy atom. The van der Waals surface area contributed by atoms with Gasteiger partial charge < -0.3 is 15.2 Å². The van der Waals surface area contributed by atoms with Gasteiger partial charge in [0.05, 0.1) is 18.9 Å². The lowest BCUT2D eigenvalue weighted by molar-refractivity contribution is -0.137. The lowest BCUT2D eigenvalue weighted by Gasteiger charge is -2.13. The SMILES string of the molecule is COc1ccc(C=NNc2nc(N)cs2)cc1OCc1cccc(C(F)(F)F)c1. The van der Waals surface area contributed by atoms with E-state index in [1.807, 2.05) is 0 Å². The van der Waals surface area contributed by atoms with Crippen molar-refractivity contribution in [2.24, 2.45) is 5.10 Å². The average molecular weight is 422 g/mol. The van der Waals surface area contributed by atoms with Crippen LogP contribution in [0.5, 0.6) is 11.5 Å². The van der Waals surface area contributed by atoms with Crippen molar-refractivity contribution in [3.8, 4) is 11.5 Å². The number of hydrazone groups is 1. The minimum atomic E-state index is -4.40. The summed E-state index contributed by atoms with van der Waals surface area (Å²) in [5.41, 5.74) is 8.67. The van der Waals surface area contributed by atoms with Crippen molar-refractivity contribution in [3.63, 3.8) is 0 Å². The zero-order chi connectivity index (χ0) is 20.9. The van der Waals surface area contributed by atoms with Crippen molar-refractivity contribution in [1.29, 1.82) is 0 Å². The number of nitrogen functional groups attached to an aromatic ring is 1. The summed E-state index contributed by atoms with van der Waals surface area (Å²) >= 11 is 1.32. The van der Waals surface area contributed by atoms with Crippen LogP contribution in [0.2, 0.25) is 0 Å². The maximum atomic E-state index is 12.9. The van der Waals surface area contributed by atoms with Crippen LogP contribution in [0.1, 0.15) is 16.7 Å². The second-order valence-corrected chi connectivity index (χ2v) is 6.70. The van der Waals surface area contributed by atoms with Gasteiger partial charge in [-0.25, -0.2) is 4.98 Å². The Morgan fingerprint density at radius 3 is 2.72 bits per heavy atom. The van der Waals surface area contributed by atoms with E-state index in [1.54, 1.807) is 35.9 Å². The van der Waals surface area contributed by atoms with Crippen LogP contribution in [0.4, 0.5) is 24.1 Å². The van der Waals surface area contributed by atoms with Crippen molar-refractivity contribution in [2.45, 2.75) is 12.8 Å². The van der Waals surface area contributed by atoms with Crippen LogP contribution in [-0.2, 0) is 12.8 Å². The third kappa shape index (κ3) is 5.61. The molecule has 29 heavy (non-hydrogen) atoms. The first-order valence-electron chi connectivity index (χ1n) is 8.32. The highest BCUT2D eigenvalue weighted by Crippen LogP contribution is 2.31. The average Bonchev–Trinajstić information content (AvgIpc) is 3.11. The number of ether oxygens (including phenoxy) is 2. The first-order chi connectivity index (χ1) is 13.8. The number of benzene rings is 2. The summed E-state index contributed by atoms with van der Waals surface area (Å²) in [6, 6.07) is 10.1. The molecule has 10 heteroatoms. The number of nitrogens with one attached hydrogen (secondary N) is 1. The van der Waals surface area contributed by atoms with Crippen molar-refractivity contribution in [1.82, 2.24) is 4.98 Å². The smallest absolute Gasteiger partial charge is 0.416 e. The monoisotopic (exact) mass is 422 g/mol. The van der Waals surface area contributed by atoms with Gasteiger partial charge in [0.1, 0.15) is 12.4 Å². The summed E-state index contributed by atoms with van der Waals surface area (Å²) in [6.07, 6.45) is -2.85. The van der Waals surface area contributed by atoms with Crippen molar-refractivity contribution in [3.05, 3.63) is 64.5 Å². The van der Waals surface area contributed by atoms with Gasteiger partial charge in [0.2, 0.25) is 5.13 Å². The van der Waals surface area contributed by atoms with Gasteiger partial charge in [0.25, 0.3) is 0 Å². The van der Waals surface area contributed by atoms with Gasteiger partial charge in [-0.15, -0.1) is 11.3 Å². The van der Waals surface area contributed by atoms with E-state index in [2.05, 4.69) is 15.5 Å². The third-order valence-electron chi connectivity index (χ3n) is 3.73. The molecule has 0 spiro atoms. The molecule has 6 nitrogen and oxygen atoms in total. The van der Waals surface area contributed by atoms with Crippen molar-refractivity contribution >= 4 is 28.5 Å². The lowest BCUT2D eigenvalue weighted by Crippen LogP contribution is -2.06. The summed E-state index contributed by atoms with van der Waals surface area (Å²) in [4.78, 5) is 4.02. The van der Waals surface area contributed by atoms with E-state index >= 15 is 0 Å². The van der Waals surface area contributed by atoms with Gasteiger partial charge in [-0.1, -0.05) is 12.1 Å². The minimum absolute atomic E-state index is 0.0441. The predicted molar refractivity (Wildman–Crippen MR) is 107 cm³/mol. The Hall–Kier alpha value is -3.27. The zero-order valence-corrected chi connectivity index (χ0v) is 16.1. The highest BCUT2D eigenvalue weighted by molar-refractivity contribution is 7.14. The summed E-state index contributed by atoms with van der Waals surface area (Å²) < 4.78 is 49.5. The highest BCUT2D eigenvalue weighted by Gasteiger charge is 2.30. The van der Waals surface area contributed by atoms with Crippen LogP contribution in [0.15, 0.2) is 52.9 Å². The molecule has 2 aromatic carbocycles. The molecule has 0 aliphatic carbocycles. The number of hydrogen-bond donors (Lipinski definition) is 2. The summed E-state index contributed by atoms with van der Waals surface area (Å²) in [5.74, 6) is 1.24. The largest absolute Gasteiger partial charge is 0.493 e. The van der Waals surface area contributed by atoms with Crippen LogP contribution in [0.3, 0.4) is 0 Å². The molecule has 3 aromatic rings. The predicted octanol–water partition coefficient (Wildman–Crippen LogP) is 4.78. The van der Waals surface area contributed by atoms with Gasteiger partial charge >= 0.3 is 6.18 Å². The fourth-order valence-electron chi connectivity index (χ4n) is 2.38. The molecule has 0 bridgehead atoms. The number of methoxy groups -OCH3 is 1. The molecule has 0 saturated carbocycles. The lowest BCUT2D eigenvalue weighted by atomic mass is 10.1. The molecule has 1 heterocycles. The maximum absolute atomic E-state index is 12.9. The van der Waals surface area contributed by atoms with Crippen LogP contribution < -0.4 is 20.6 Å². The summed E-state index contributed by atoms with van der Waals surface area (Å²) in [7, 11) is 1.48. The van der Waals surface area contributed by atoms with E-state index in [-0.39, 0.29) is 6.61 Å². The zero-order valence-electron chi connectivity index (χ0n) is 15.2. The topological polar surface area (TPSA) is 81.8 Å². The molecule has 1 aromatic heterocycles. The molecule has 0 unspecified atom stereocenters. The molecular formula is C19H17F3N4O2S. The van der Waals surface area contributed by atoms with Gasteiger partial charge in [0.15, 0.2) is 11.5 Å². The van der Waals surface area contributed by atoms with E-state index in [0.717, 1.165) is 12.1 Å². The van der Waals surface area contributed by atoms with E-state index < -0.39 is 11.7 Å². The number of hydrogen-bond acceptors (Lipinski definition) is 7. The molecule has 3 N–H and O–H groups in total. The number of rotatable bonds is 7. The van der Waals surface area contributed by atoms with Crippen LogP contribution in [-0.4, -0.2) is 18.3 Å². The molecule has 0 fully saturated rings. The number of anilines is 2. The molecular weight excluding hydrogens is 405 g/mol. The standard InChI is InChI=1S/C19H17F3N4O2S/c1-27-15-6-5-12(9-24-26-18-25-17(23)11-29-18)8-16(15)28-10-13-3-2-4-14(7-13)19(20,21)22/h2-9,11H,10,23H2,1H3,(H,25,26). The van der Waals surface area contributed by atoms with Crippen LogP contribution in [0, 0.1) is 0 Å². The Bertz CT molecular complexity index is 1010. The highest BCUT2D eigenvalue weighted by atomic mass is 32.1. The van der Waals surface area contributed by atoms with Crippen LogP contribution in [0.25, 0.3) is 0 Å². The second kappa shape index (κ2) is 8.82. The van der Waals surface area contributed by atoms with Gasteiger partial charge in [-0.2, -0.15) is 18.3 Å². The molecule has 3 rings (SSSR count). The van der Waals surface area contributed by atoms with Crippen LogP contribution >= 0.6 is 11.3 Å². The Labute approximate surface area is 168 Å². The normalized spacial score (nSPS) is 11.6. The molecule has 0 aliphatic rings. The number of thiazole rings is 1.